The van der Waals surface area contributed by atoms with E-state index in [0.717, 1.165) is 5.69 Å². The molecule has 0 spiro atoms. The number of para-hydroxylation sites is 1. The lowest BCUT2D eigenvalue weighted by Gasteiger charge is -2.37. The lowest BCUT2D eigenvalue weighted by Crippen LogP contribution is -2.45. The molecular weight excluding hydrogens is 335 g/mol. The van der Waals surface area contributed by atoms with Crippen molar-refractivity contribution >= 4 is 25.0 Å². The molecule has 0 saturated carbocycles. The van der Waals surface area contributed by atoms with Gasteiger partial charge in [-0.05, 0) is 30.3 Å². The Labute approximate surface area is 140 Å². The zero-order chi connectivity index (χ0) is 16.3. The summed E-state index contributed by atoms with van der Waals surface area (Å²) in [7, 11) is -3.84. The Morgan fingerprint density at radius 3 is 2.35 bits per heavy atom. The molecule has 1 atom stereocenters. The quantitative estimate of drug-likeness (QED) is 0.851. The molecule has 0 aliphatic carbocycles. The van der Waals surface area contributed by atoms with Gasteiger partial charge in [0, 0.05) is 36.9 Å². The van der Waals surface area contributed by atoms with Crippen molar-refractivity contribution in [3.05, 3.63) is 59.6 Å². The van der Waals surface area contributed by atoms with Crippen molar-refractivity contribution in [3.8, 4) is 5.75 Å². The van der Waals surface area contributed by atoms with E-state index in [1.54, 1.807) is 24.3 Å². The SMILES string of the molecule is O=P(O)(Oc1ccccc1)N1CCN(c2cccc(Cl)c2)CC1. The van der Waals surface area contributed by atoms with Gasteiger partial charge in [0.15, 0.2) is 0 Å². The first-order valence-electron chi connectivity index (χ1n) is 7.38. The van der Waals surface area contributed by atoms with Crippen LogP contribution in [-0.4, -0.2) is 35.7 Å². The molecule has 23 heavy (non-hydrogen) atoms. The van der Waals surface area contributed by atoms with E-state index < -0.39 is 7.75 Å². The van der Waals surface area contributed by atoms with E-state index in [0.29, 0.717) is 37.0 Å². The standard InChI is InChI=1S/C16H18ClN2O3P/c17-14-5-4-6-15(13-14)18-9-11-19(12-10-18)23(20,21)22-16-7-2-1-3-8-16/h1-8,13H,9-12H2,(H,20,21). The van der Waals surface area contributed by atoms with Crippen molar-refractivity contribution in [3.63, 3.8) is 0 Å². The average molecular weight is 353 g/mol. The van der Waals surface area contributed by atoms with Crippen molar-refractivity contribution in [2.24, 2.45) is 0 Å². The van der Waals surface area contributed by atoms with Crippen LogP contribution in [0.4, 0.5) is 5.69 Å². The summed E-state index contributed by atoms with van der Waals surface area (Å²) < 4.78 is 19.3. The van der Waals surface area contributed by atoms with E-state index in [-0.39, 0.29) is 0 Å². The molecule has 0 amide bonds. The largest absolute Gasteiger partial charge is 0.458 e. The van der Waals surface area contributed by atoms with Crippen molar-refractivity contribution < 1.29 is 14.0 Å². The van der Waals surface area contributed by atoms with Gasteiger partial charge in [0.25, 0.3) is 0 Å². The first kappa shape index (κ1) is 16.3. The molecule has 2 aromatic carbocycles. The molecule has 1 heterocycles. The van der Waals surface area contributed by atoms with Crippen molar-refractivity contribution in [1.82, 2.24) is 4.67 Å². The first-order chi connectivity index (χ1) is 11.0. The summed E-state index contributed by atoms with van der Waals surface area (Å²) in [4.78, 5) is 12.4. The molecule has 1 fully saturated rings. The van der Waals surface area contributed by atoms with Crippen LogP contribution in [-0.2, 0) is 4.57 Å². The smallest absolute Gasteiger partial charge is 0.413 e. The number of benzene rings is 2. The van der Waals surface area contributed by atoms with E-state index in [9.17, 15) is 9.46 Å². The molecule has 1 aliphatic rings. The van der Waals surface area contributed by atoms with Crippen LogP contribution in [0.25, 0.3) is 0 Å². The van der Waals surface area contributed by atoms with Crippen LogP contribution in [0.2, 0.25) is 5.02 Å². The molecule has 0 aromatic heterocycles. The Kier molecular flexibility index (Phi) is 4.93. The number of nitrogens with zero attached hydrogens (tertiary/aromatic N) is 2. The second-order valence-electron chi connectivity index (χ2n) is 5.32. The molecule has 5 nitrogen and oxygen atoms in total. The zero-order valence-electron chi connectivity index (χ0n) is 12.5. The van der Waals surface area contributed by atoms with Crippen LogP contribution in [0, 0.1) is 0 Å². The topological polar surface area (TPSA) is 53.0 Å². The summed E-state index contributed by atoms with van der Waals surface area (Å²) in [6.45, 7) is 2.19. The van der Waals surface area contributed by atoms with Crippen LogP contribution in [0.1, 0.15) is 0 Å². The molecule has 0 bridgehead atoms. The highest BCUT2D eigenvalue weighted by Gasteiger charge is 2.34. The van der Waals surface area contributed by atoms with Crippen LogP contribution >= 0.6 is 19.3 Å². The number of piperazine rings is 1. The lowest BCUT2D eigenvalue weighted by atomic mass is 10.2. The maximum Gasteiger partial charge on any atom is 0.458 e. The van der Waals surface area contributed by atoms with Crippen LogP contribution < -0.4 is 9.42 Å². The van der Waals surface area contributed by atoms with Crippen molar-refractivity contribution in [2.45, 2.75) is 0 Å². The molecule has 1 saturated heterocycles. The second kappa shape index (κ2) is 6.93. The minimum absolute atomic E-state index is 0.399. The highest BCUT2D eigenvalue weighted by atomic mass is 35.5. The lowest BCUT2D eigenvalue weighted by molar-refractivity contribution is 0.267. The Hall–Kier alpha value is -1.52. The monoisotopic (exact) mass is 352 g/mol. The number of hydrogen-bond acceptors (Lipinski definition) is 3. The fourth-order valence-electron chi connectivity index (χ4n) is 2.56. The summed E-state index contributed by atoms with van der Waals surface area (Å²) in [5.74, 6) is 0.399. The van der Waals surface area contributed by atoms with Crippen LogP contribution in [0.15, 0.2) is 54.6 Å². The minimum Gasteiger partial charge on any atom is -0.413 e. The maximum absolute atomic E-state index is 12.5. The predicted octanol–water partition coefficient (Wildman–Crippen LogP) is 3.64. The van der Waals surface area contributed by atoms with E-state index in [2.05, 4.69) is 4.90 Å². The predicted molar refractivity (Wildman–Crippen MR) is 92.1 cm³/mol. The Balaban J connectivity index is 1.63. The van der Waals surface area contributed by atoms with E-state index in [1.807, 2.05) is 30.3 Å². The molecule has 0 radical (unpaired) electrons. The van der Waals surface area contributed by atoms with Crippen LogP contribution in [0.5, 0.6) is 5.75 Å². The number of rotatable bonds is 4. The van der Waals surface area contributed by atoms with Crippen molar-refractivity contribution in [2.75, 3.05) is 31.1 Å². The highest BCUT2D eigenvalue weighted by Crippen LogP contribution is 2.47. The van der Waals surface area contributed by atoms with Gasteiger partial charge >= 0.3 is 7.75 Å². The average Bonchev–Trinajstić information content (AvgIpc) is 2.55. The Morgan fingerprint density at radius 2 is 1.70 bits per heavy atom. The van der Waals surface area contributed by atoms with Gasteiger partial charge in [0.05, 0.1) is 0 Å². The van der Waals surface area contributed by atoms with E-state index in [4.69, 9.17) is 16.1 Å². The third-order valence-corrected chi connectivity index (χ3v) is 5.55. The van der Waals surface area contributed by atoms with Gasteiger partial charge in [-0.3, -0.25) is 0 Å². The minimum atomic E-state index is -3.84. The van der Waals surface area contributed by atoms with Gasteiger partial charge in [-0.15, -0.1) is 0 Å². The van der Waals surface area contributed by atoms with Crippen LogP contribution in [0.3, 0.4) is 0 Å². The van der Waals surface area contributed by atoms with Gasteiger partial charge in [-0.1, -0.05) is 35.9 Å². The summed E-state index contributed by atoms with van der Waals surface area (Å²) in [6.07, 6.45) is 0. The van der Waals surface area contributed by atoms with Gasteiger partial charge in [0.1, 0.15) is 5.75 Å². The Bertz CT molecular complexity index is 705. The van der Waals surface area contributed by atoms with Crippen molar-refractivity contribution in [1.29, 1.82) is 0 Å². The molecule has 1 aliphatic heterocycles. The van der Waals surface area contributed by atoms with E-state index >= 15 is 0 Å². The normalized spacial score (nSPS) is 18.4. The maximum atomic E-state index is 12.5. The molecule has 122 valence electrons. The molecule has 3 rings (SSSR count). The summed E-state index contributed by atoms with van der Waals surface area (Å²) in [5.41, 5.74) is 1.02. The first-order valence-corrected chi connectivity index (χ1v) is 9.29. The van der Waals surface area contributed by atoms with Gasteiger partial charge < -0.3 is 14.3 Å². The fraction of sp³-hybridized carbons (Fsp3) is 0.250. The number of anilines is 1. The molecular formula is C16H18ClN2O3P. The van der Waals surface area contributed by atoms with E-state index in [1.165, 1.54) is 4.67 Å². The van der Waals surface area contributed by atoms with Gasteiger partial charge in [0.2, 0.25) is 0 Å². The number of hydrogen-bond donors (Lipinski definition) is 1. The zero-order valence-corrected chi connectivity index (χ0v) is 14.2. The van der Waals surface area contributed by atoms with Gasteiger partial charge in [-0.2, -0.15) is 4.67 Å². The molecule has 7 heteroatoms. The molecule has 2 aromatic rings. The highest BCUT2D eigenvalue weighted by molar-refractivity contribution is 7.50. The number of halogens is 1. The summed E-state index contributed by atoms with van der Waals surface area (Å²) in [6, 6.07) is 16.3. The molecule has 1 N–H and O–H groups in total. The summed E-state index contributed by atoms with van der Waals surface area (Å²) >= 11 is 6.01. The fourth-order valence-corrected chi connectivity index (χ4v) is 3.94. The Morgan fingerprint density at radius 1 is 1.00 bits per heavy atom. The summed E-state index contributed by atoms with van der Waals surface area (Å²) in [5, 5.41) is 0.685. The second-order valence-corrected chi connectivity index (χ2v) is 7.48. The third kappa shape index (κ3) is 4.06. The van der Waals surface area contributed by atoms with Gasteiger partial charge in [-0.25, -0.2) is 4.57 Å². The third-order valence-electron chi connectivity index (χ3n) is 3.75. The molecule has 1 unspecified atom stereocenters.